The van der Waals surface area contributed by atoms with Gasteiger partial charge in [0.25, 0.3) is 5.85 Å². The Balaban J connectivity index is 2.23. The first kappa shape index (κ1) is 17.4. The highest BCUT2D eigenvalue weighted by Crippen LogP contribution is 2.38. The van der Waals surface area contributed by atoms with E-state index >= 15 is 0 Å². The van der Waals surface area contributed by atoms with Gasteiger partial charge in [-0.15, -0.1) is 0 Å². The first-order chi connectivity index (χ1) is 10.7. The number of halogens is 1. The molecule has 0 spiro atoms. The molecule has 0 saturated carbocycles. The number of hydrogen-bond acceptors (Lipinski definition) is 5. The Labute approximate surface area is 131 Å². The van der Waals surface area contributed by atoms with Crippen molar-refractivity contribution in [2.75, 3.05) is 6.35 Å². The van der Waals surface area contributed by atoms with Crippen LogP contribution in [0.4, 0.5) is 4.39 Å². The number of rotatable bonds is 7. The predicted molar refractivity (Wildman–Crippen MR) is 81.2 cm³/mol. The maximum Gasteiger partial charge on any atom is 0.351 e. The summed E-state index contributed by atoms with van der Waals surface area (Å²) in [5, 5.41) is 0. The smallest absolute Gasteiger partial charge is 0.326 e. The SMILES string of the molecule is C=C[C@@](F)(OCP(=O)(O)O)C(=C)Cn1cnc2c(C)ncnc21. The fourth-order valence-electron chi connectivity index (χ4n) is 1.91. The Morgan fingerprint density at radius 2 is 2.22 bits per heavy atom. The van der Waals surface area contributed by atoms with E-state index in [1.165, 1.54) is 17.2 Å². The average molecular weight is 342 g/mol. The largest absolute Gasteiger partial charge is 0.351 e. The van der Waals surface area contributed by atoms with Gasteiger partial charge in [0.15, 0.2) is 12.0 Å². The lowest BCUT2D eigenvalue weighted by Crippen LogP contribution is -2.29. The number of ether oxygens (including phenoxy) is 1. The summed E-state index contributed by atoms with van der Waals surface area (Å²) in [7, 11) is -4.52. The van der Waals surface area contributed by atoms with Gasteiger partial charge in [-0.1, -0.05) is 13.2 Å². The van der Waals surface area contributed by atoms with Gasteiger partial charge >= 0.3 is 7.60 Å². The summed E-state index contributed by atoms with van der Waals surface area (Å²) in [4.78, 5) is 29.9. The molecule has 0 aliphatic rings. The maximum atomic E-state index is 14.7. The lowest BCUT2D eigenvalue weighted by atomic mass is 10.1. The van der Waals surface area contributed by atoms with E-state index in [0.717, 1.165) is 6.08 Å². The van der Waals surface area contributed by atoms with E-state index in [1.807, 2.05) is 0 Å². The van der Waals surface area contributed by atoms with Crippen molar-refractivity contribution in [2.45, 2.75) is 19.3 Å². The van der Waals surface area contributed by atoms with Gasteiger partial charge < -0.3 is 19.1 Å². The van der Waals surface area contributed by atoms with Crippen molar-refractivity contribution < 1.29 is 23.5 Å². The van der Waals surface area contributed by atoms with Crippen LogP contribution in [0.2, 0.25) is 0 Å². The number of alkyl halides is 1. The highest BCUT2D eigenvalue weighted by molar-refractivity contribution is 7.51. The third-order valence-electron chi connectivity index (χ3n) is 3.13. The predicted octanol–water partition coefficient (Wildman–Crippen LogP) is 1.69. The third-order valence-corrected chi connectivity index (χ3v) is 3.60. The summed E-state index contributed by atoms with van der Waals surface area (Å²) in [6.07, 6.45) is 2.52. The summed E-state index contributed by atoms with van der Waals surface area (Å²) >= 11 is 0. The minimum atomic E-state index is -4.52. The van der Waals surface area contributed by atoms with E-state index in [-0.39, 0.29) is 12.1 Å². The molecule has 0 unspecified atom stereocenters. The number of hydrogen-bond donors (Lipinski definition) is 2. The molecule has 0 fully saturated rings. The first-order valence-corrected chi connectivity index (χ1v) is 8.28. The quantitative estimate of drug-likeness (QED) is 0.582. The van der Waals surface area contributed by atoms with Crippen molar-refractivity contribution in [1.29, 1.82) is 0 Å². The van der Waals surface area contributed by atoms with Gasteiger partial charge in [0, 0.05) is 5.57 Å². The molecule has 0 aliphatic carbocycles. The Morgan fingerprint density at radius 3 is 2.83 bits per heavy atom. The minimum Gasteiger partial charge on any atom is -0.326 e. The molecule has 2 aromatic rings. The molecule has 0 saturated heterocycles. The number of aromatic nitrogens is 4. The van der Waals surface area contributed by atoms with Gasteiger partial charge in [-0.2, -0.15) is 0 Å². The second-order valence-electron chi connectivity index (χ2n) is 4.89. The molecular formula is C13H16FN4O4P. The fourth-order valence-corrected chi connectivity index (χ4v) is 2.27. The van der Waals surface area contributed by atoms with Crippen LogP contribution >= 0.6 is 7.60 Å². The standard InChI is InChI=1S/C13H16FN4O4P/c1-4-13(14,22-8-23(19,20)21)9(2)5-18-7-17-11-10(3)15-6-16-12(11)18/h4,6-7H,1-2,5,8H2,3H3,(H2,19,20,21)/t13-/m1/s1. The highest BCUT2D eigenvalue weighted by atomic mass is 31.2. The summed E-state index contributed by atoms with van der Waals surface area (Å²) in [5.74, 6) is -2.58. The molecule has 2 rings (SSSR count). The van der Waals surface area contributed by atoms with Crippen LogP contribution in [-0.4, -0.2) is 41.5 Å². The zero-order valence-electron chi connectivity index (χ0n) is 12.4. The summed E-state index contributed by atoms with van der Waals surface area (Å²) in [6.45, 7) is 8.59. The zero-order valence-corrected chi connectivity index (χ0v) is 13.3. The molecule has 0 aliphatic heterocycles. The van der Waals surface area contributed by atoms with Crippen molar-refractivity contribution >= 4 is 18.8 Å². The number of aryl methyl sites for hydroxylation is 1. The molecule has 124 valence electrons. The molecule has 2 heterocycles. The molecule has 0 amide bonds. The zero-order chi connectivity index (χ0) is 17.3. The summed E-state index contributed by atoms with van der Waals surface area (Å²) in [6, 6.07) is 0. The number of fused-ring (bicyclic) bond motifs is 1. The number of nitrogens with zero attached hydrogens (tertiary/aromatic N) is 4. The molecule has 0 radical (unpaired) electrons. The van der Waals surface area contributed by atoms with Gasteiger partial charge in [0.1, 0.15) is 11.8 Å². The molecule has 2 aromatic heterocycles. The van der Waals surface area contributed by atoms with Crippen LogP contribution in [0.3, 0.4) is 0 Å². The molecule has 23 heavy (non-hydrogen) atoms. The molecule has 1 atom stereocenters. The molecular weight excluding hydrogens is 326 g/mol. The van der Waals surface area contributed by atoms with Crippen LogP contribution < -0.4 is 0 Å². The number of imidazole rings is 1. The average Bonchev–Trinajstić information content (AvgIpc) is 2.88. The molecule has 0 aromatic carbocycles. The second-order valence-corrected chi connectivity index (χ2v) is 6.48. The monoisotopic (exact) mass is 342 g/mol. The Bertz CT molecular complexity index is 802. The molecule has 8 nitrogen and oxygen atoms in total. The van der Waals surface area contributed by atoms with Crippen LogP contribution in [0.1, 0.15) is 5.69 Å². The van der Waals surface area contributed by atoms with E-state index in [1.54, 1.807) is 6.92 Å². The highest BCUT2D eigenvalue weighted by Gasteiger charge is 2.33. The lowest BCUT2D eigenvalue weighted by Gasteiger charge is -2.24. The van der Waals surface area contributed by atoms with Crippen LogP contribution in [0, 0.1) is 6.92 Å². The first-order valence-electron chi connectivity index (χ1n) is 6.48. The minimum absolute atomic E-state index is 0.0589. The van der Waals surface area contributed by atoms with Gasteiger partial charge in [-0.25, -0.2) is 19.3 Å². The lowest BCUT2D eigenvalue weighted by molar-refractivity contribution is -0.0642. The van der Waals surface area contributed by atoms with E-state index < -0.39 is 19.8 Å². The maximum absolute atomic E-state index is 14.7. The van der Waals surface area contributed by atoms with Crippen LogP contribution in [0.5, 0.6) is 0 Å². The van der Waals surface area contributed by atoms with E-state index in [2.05, 4.69) is 32.8 Å². The Morgan fingerprint density at radius 1 is 1.52 bits per heavy atom. The fraction of sp³-hybridized carbons (Fsp3) is 0.308. The van der Waals surface area contributed by atoms with Gasteiger partial charge in [-0.3, -0.25) is 4.57 Å². The second kappa shape index (κ2) is 6.29. The molecule has 2 N–H and O–H groups in total. The molecule has 10 heteroatoms. The van der Waals surface area contributed by atoms with E-state index in [9.17, 15) is 8.96 Å². The van der Waals surface area contributed by atoms with Crippen LogP contribution in [0.15, 0.2) is 37.5 Å². The van der Waals surface area contributed by atoms with Crippen LogP contribution in [-0.2, 0) is 15.8 Å². The van der Waals surface area contributed by atoms with E-state index in [4.69, 9.17) is 9.79 Å². The van der Waals surface area contributed by atoms with Gasteiger partial charge in [0.2, 0.25) is 0 Å². The van der Waals surface area contributed by atoms with Crippen molar-refractivity contribution in [1.82, 2.24) is 19.5 Å². The van der Waals surface area contributed by atoms with Gasteiger partial charge in [0.05, 0.1) is 18.6 Å². The Kier molecular flexibility index (Phi) is 4.76. The van der Waals surface area contributed by atoms with Crippen molar-refractivity contribution in [3.63, 3.8) is 0 Å². The third kappa shape index (κ3) is 3.89. The molecule has 0 bridgehead atoms. The van der Waals surface area contributed by atoms with Crippen LogP contribution in [0.25, 0.3) is 11.2 Å². The normalized spacial score (nSPS) is 14.6. The van der Waals surface area contributed by atoms with Crippen molar-refractivity contribution in [2.24, 2.45) is 0 Å². The summed E-state index contributed by atoms with van der Waals surface area (Å²) < 4.78 is 31.7. The van der Waals surface area contributed by atoms with E-state index in [0.29, 0.717) is 16.9 Å². The van der Waals surface area contributed by atoms with Gasteiger partial charge in [-0.05, 0) is 13.0 Å². The van der Waals surface area contributed by atoms with Crippen molar-refractivity contribution in [3.05, 3.63) is 43.2 Å². The summed E-state index contributed by atoms with van der Waals surface area (Å²) in [5.41, 5.74) is 1.63. The Hall–Kier alpha value is -1.93. The topological polar surface area (TPSA) is 110 Å². The van der Waals surface area contributed by atoms with Crippen molar-refractivity contribution in [3.8, 4) is 0 Å².